The lowest BCUT2D eigenvalue weighted by Crippen LogP contribution is -2.67. The van der Waals surface area contributed by atoms with Crippen LogP contribution in [0.3, 0.4) is 0 Å². The minimum absolute atomic E-state index is 0.0113. The standard InChI is InChI=1S/C20H30O3/c1-7-18(4)10-8-13-19(5)11-9-15(21)17(2,3)14(19)12-16(22)20(13,6)23-18/h7,13-14H,1,8-12H2,2-6H3. The lowest BCUT2D eigenvalue weighted by molar-refractivity contribution is -0.237. The molecule has 0 radical (unpaired) electrons. The summed E-state index contributed by atoms with van der Waals surface area (Å²) in [5.41, 5.74) is -1.60. The average molecular weight is 318 g/mol. The summed E-state index contributed by atoms with van der Waals surface area (Å²) in [5, 5.41) is 0. The van der Waals surface area contributed by atoms with Crippen molar-refractivity contribution in [1.29, 1.82) is 0 Å². The predicted octanol–water partition coefficient (Wildman–Crippen LogP) is 4.10. The van der Waals surface area contributed by atoms with E-state index in [4.69, 9.17) is 4.74 Å². The summed E-state index contributed by atoms with van der Waals surface area (Å²) >= 11 is 0. The molecular weight excluding hydrogens is 288 g/mol. The number of carbonyl (C=O) groups is 2. The van der Waals surface area contributed by atoms with Crippen LogP contribution in [0.4, 0.5) is 0 Å². The van der Waals surface area contributed by atoms with Crippen LogP contribution in [-0.4, -0.2) is 22.8 Å². The minimum atomic E-state index is -0.747. The van der Waals surface area contributed by atoms with Gasteiger partial charge in [0.1, 0.15) is 11.4 Å². The van der Waals surface area contributed by atoms with Crippen molar-refractivity contribution in [3.63, 3.8) is 0 Å². The quantitative estimate of drug-likeness (QED) is 0.684. The van der Waals surface area contributed by atoms with Crippen molar-refractivity contribution in [3.05, 3.63) is 12.7 Å². The van der Waals surface area contributed by atoms with Crippen molar-refractivity contribution in [2.75, 3.05) is 0 Å². The van der Waals surface area contributed by atoms with E-state index in [1.54, 1.807) is 0 Å². The molecule has 0 amide bonds. The van der Waals surface area contributed by atoms with Crippen LogP contribution in [0.5, 0.6) is 0 Å². The Kier molecular flexibility index (Phi) is 3.51. The number of Topliss-reactive ketones (excluding diaryl/α,β-unsaturated/α-hetero) is 2. The Morgan fingerprint density at radius 1 is 1.04 bits per heavy atom. The van der Waals surface area contributed by atoms with Crippen LogP contribution in [0.2, 0.25) is 0 Å². The molecule has 0 spiro atoms. The van der Waals surface area contributed by atoms with Gasteiger partial charge in [-0.1, -0.05) is 26.8 Å². The van der Waals surface area contributed by atoms with Crippen LogP contribution < -0.4 is 0 Å². The van der Waals surface area contributed by atoms with E-state index >= 15 is 0 Å². The van der Waals surface area contributed by atoms with E-state index in [1.165, 1.54) is 0 Å². The Balaban J connectivity index is 2.05. The van der Waals surface area contributed by atoms with Crippen molar-refractivity contribution in [3.8, 4) is 0 Å². The van der Waals surface area contributed by atoms with Crippen molar-refractivity contribution < 1.29 is 14.3 Å². The number of rotatable bonds is 1. The summed E-state index contributed by atoms with van der Waals surface area (Å²) in [6, 6.07) is 0. The molecule has 3 rings (SSSR count). The van der Waals surface area contributed by atoms with Crippen molar-refractivity contribution >= 4 is 11.6 Å². The first-order chi connectivity index (χ1) is 10.5. The zero-order valence-corrected chi connectivity index (χ0v) is 15.2. The van der Waals surface area contributed by atoms with Gasteiger partial charge in [0.25, 0.3) is 0 Å². The van der Waals surface area contributed by atoms with Gasteiger partial charge in [-0.15, -0.1) is 6.58 Å². The molecule has 0 bridgehead atoms. The molecule has 3 aliphatic rings. The number of ether oxygens (including phenoxy) is 1. The van der Waals surface area contributed by atoms with Gasteiger partial charge < -0.3 is 4.74 Å². The van der Waals surface area contributed by atoms with E-state index in [1.807, 2.05) is 33.8 Å². The predicted molar refractivity (Wildman–Crippen MR) is 90.1 cm³/mol. The molecule has 2 saturated carbocycles. The molecule has 5 atom stereocenters. The Morgan fingerprint density at radius 3 is 2.30 bits per heavy atom. The van der Waals surface area contributed by atoms with Crippen LogP contribution in [0.1, 0.15) is 66.7 Å². The van der Waals surface area contributed by atoms with Crippen molar-refractivity contribution in [2.24, 2.45) is 22.7 Å². The maximum Gasteiger partial charge on any atom is 0.165 e. The Morgan fingerprint density at radius 2 is 1.70 bits per heavy atom. The van der Waals surface area contributed by atoms with Crippen LogP contribution in [0.15, 0.2) is 12.7 Å². The topological polar surface area (TPSA) is 43.4 Å². The number of ketones is 2. The van der Waals surface area contributed by atoms with Crippen molar-refractivity contribution in [2.45, 2.75) is 77.9 Å². The third kappa shape index (κ3) is 2.12. The summed E-state index contributed by atoms with van der Waals surface area (Å²) in [6.45, 7) is 14.3. The molecule has 1 heterocycles. The van der Waals surface area contributed by atoms with Gasteiger partial charge in [-0.2, -0.15) is 0 Å². The van der Waals surface area contributed by atoms with E-state index in [9.17, 15) is 9.59 Å². The van der Waals surface area contributed by atoms with Gasteiger partial charge in [0.05, 0.1) is 5.60 Å². The molecule has 23 heavy (non-hydrogen) atoms. The van der Waals surface area contributed by atoms with E-state index < -0.39 is 16.6 Å². The van der Waals surface area contributed by atoms with Crippen LogP contribution >= 0.6 is 0 Å². The summed E-state index contributed by atoms with van der Waals surface area (Å²) in [5.74, 6) is 0.782. The fourth-order valence-electron chi connectivity index (χ4n) is 5.86. The van der Waals surface area contributed by atoms with E-state index in [2.05, 4.69) is 13.5 Å². The Hall–Kier alpha value is -0.960. The fraction of sp³-hybridized carbons (Fsp3) is 0.800. The zero-order chi connectivity index (χ0) is 17.3. The van der Waals surface area contributed by atoms with Gasteiger partial charge in [-0.3, -0.25) is 9.59 Å². The second-order valence-corrected chi connectivity index (χ2v) is 9.15. The molecule has 3 fully saturated rings. The molecule has 128 valence electrons. The molecule has 0 N–H and O–H groups in total. The highest BCUT2D eigenvalue weighted by molar-refractivity contribution is 5.92. The van der Waals surface area contributed by atoms with E-state index in [0.29, 0.717) is 18.6 Å². The number of hydrogen-bond acceptors (Lipinski definition) is 3. The summed E-state index contributed by atoms with van der Waals surface area (Å²) < 4.78 is 6.38. The fourth-order valence-corrected chi connectivity index (χ4v) is 5.86. The monoisotopic (exact) mass is 318 g/mol. The number of fused-ring (bicyclic) bond motifs is 3. The lowest BCUT2D eigenvalue weighted by Gasteiger charge is -2.63. The van der Waals surface area contributed by atoms with Gasteiger partial charge in [-0.05, 0) is 44.4 Å². The normalized spacial score (nSPS) is 49.3. The molecule has 0 aromatic carbocycles. The minimum Gasteiger partial charge on any atom is -0.357 e. The first-order valence-electron chi connectivity index (χ1n) is 8.90. The molecule has 3 heteroatoms. The van der Waals surface area contributed by atoms with Gasteiger partial charge in [0.15, 0.2) is 5.78 Å². The molecule has 5 unspecified atom stereocenters. The second-order valence-electron chi connectivity index (χ2n) is 9.15. The summed E-state index contributed by atoms with van der Waals surface area (Å²) in [7, 11) is 0. The molecule has 0 aromatic heterocycles. The molecule has 0 aromatic rings. The molecule has 1 saturated heterocycles. The third-order valence-electron chi connectivity index (χ3n) is 7.49. The van der Waals surface area contributed by atoms with Gasteiger partial charge in [0, 0.05) is 24.2 Å². The molecular formula is C20H30O3. The van der Waals surface area contributed by atoms with Crippen LogP contribution in [0, 0.1) is 22.7 Å². The maximum absolute atomic E-state index is 13.1. The van der Waals surface area contributed by atoms with Gasteiger partial charge >= 0.3 is 0 Å². The Bertz CT molecular complexity index is 577. The second kappa shape index (κ2) is 4.78. The van der Waals surface area contributed by atoms with E-state index in [-0.39, 0.29) is 23.0 Å². The SMILES string of the molecule is C=CC1(C)CCC2C(C)(O1)C(=O)CC1C(C)(C)C(=O)CCC12C. The highest BCUT2D eigenvalue weighted by Crippen LogP contribution is 2.63. The third-order valence-corrected chi connectivity index (χ3v) is 7.49. The highest BCUT2D eigenvalue weighted by Gasteiger charge is 2.66. The largest absolute Gasteiger partial charge is 0.357 e. The average Bonchev–Trinajstić information content (AvgIpc) is 2.47. The first-order valence-corrected chi connectivity index (χ1v) is 8.90. The van der Waals surface area contributed by atoms with E-state index in [0.717, 1.165) is 19.3 Å². The maximum atomic E-state index is 13.1. The van der Waals surface area contributed by atoms with Gasteiger partial charge in [-0.25, -0.2) is 0 Å². The lowest BCUT2D eigenvalue weighted by atomic mass is 9.44. The van der Waals surface area contributed by atoms with Crippen LogP contribution in [-0.2, 0) is 14.3 Å². The summed E-state index contributed by atoms with van der Waals surface area (Å²) in [4.78, 5) is 25.5. The van der Waals surface area contributed by atoms with Crippen molar-refractivity contribution in [1.82, 2.24) is 0 Å². The number of hydrogen-bond donors (Lipinski definition) is 0. The Labute approximate surface area is 139 Å². The molecule has 1 aliphatic heterocycles. The van der Waals surface area contributed by atoms with Gasteiger partial charge in [0.2, 0.25) is 0 Å². The molecule has 2 aliphatic carbocycles. The van der Waals surface area contributed by atoms with Crippen LogP contribution in [0.25, 0.3) is 0 Å². The summed E-state index contributed by atoms with van der Waals surface area (Å²) in [6.07, 6.45) is 5.64. The highest BCUT2D eigenvalue weighted by atomic mass is 16.5. The zero-order valence-electron chi connectivity index (χ0n) is 15.2. The molecule has 3 nitrogen and oxygen atoms in total. The smallest absolute Gasteiger partial charge is 0.165 e. The number of carbonyl (C=O) groups excluding carboxylic acids is 2. The first kappa shape index (κ1) is 16.9.